The molecule has 0 bridgehead atoms. The van der Waals surface area contributed by atoms with Gasteiger partial charge in [0.15, 0.2) is 6.10 Å². The van der Waals surface area contributed by atoms with Crippen LogP contribution in [0.5, 0.6) is 0 Å². The fourth-order valence-electron chi connectivity index (χ4n) is 4.38. The van der Waals surface area contributed by atoms with Gasteiger partial charge in [-0.15, -0.1) is 0 Å². The molecule has 230 valence electrons. The molecule has 44 heavy (non-hydrogen) atoms. The highest BCUT2D eigenvalue weighted by molar-refractivity contribution is 5.95. The van der Waals surface area contributed by atoms with Gasteiger partial charge in [-0.2, -0.15) is 0 Å². The quantitative estimate of drug-likeness (QED) is 0.261. The van der Waals surface area contributed by atoms with E-state index in [0.717, 1.165) is 5.56 Å². The Kier molecular flexibility index (Phi) is 10.3. The number of pyridine rings is 1. The van der Waals surface area contributed by atoms with Crippen LogP contribution < -0.4 is 10.9 Å². The first-order valence-corrected chi connectivity index (χ1v) is 14.0. The Morgan fingerprint density at radius 2 is 1.75 bits per heavy atom. The highest BCUT2D eigenvalue weighted by Crippen LogP contribution is 2.20. The summed E-state index contributed by atoms with van der Waals surface area (Å²) in [5, 5.41) is 2.59. The monoisotopic (exact) mass is 602 g/mol. The highest BCUT2D eigenvalue weighted by Gasteiger charge is 2.24. The van der Waals surface area contributed by atoms with Crippen molar-refractivity contribution < 1.29 is 23.5 Å². The second kappa shape index (κ2) is 14.3. The lowest BCUT2D eigenvalue weighted by Crippen LogP contribution is -2.37. The lowest BCUT2D eigenvalue weighted by atomic mass is 10.1. The normalized spacial score (nSPS) is 11.8. The number of carbonyl (C=O) groups is 3. The number of carbonyl (C=O) groups excluding carboxylic acids is 3. The maximum absolute atomic E-state index is 14.2. The second-order valence-electron chi connectivity index (χ2n) is 10.6. The van der Waals surface area contributed by atoms with Gasteiger partial charge in [0.05, 0.1) is 17.6 Å². The number of ether oxygens (including phenoxy) is 1. The van der Waals surface area contributed by atoms with Crippen LogP contribution in [-0.2, 0) is 27.4 Å². The minimum atomic E-state index is -1.22. The number of hydrogen-bond donors (Lipinski definition) is 1. The number of aromatic nitrogens is 3. The molecule has 1 atom stereocenters. The highest BCUT2D eigenvalue weighted by atomic mass is 19.1. The molecule has 11 nitrogen and oxygen atoms in total. The van der Waals surface area contributed by atoms with E-state index in [2.05, 4.69) is 10.3 Å². The van der Waals surface area contributed by atoms with Crippen LogP contribution in [0.2, 0.25) is 0 Å². The average Bonchev–Trinajstić information content (AvgIpc) is 3.32. The predicted molar refractivity (Wildman–Crippen MR) is 165 cm³/mol. The molecule has 4 rings (SSSR count). The molecule has 0 aliphatic heterocycles. The van der Waals surface area contributed by atoms with Crippen LogP contribution in [0, 0.1) is 5.82 Å². The average molecular weight is 603 g/mol. The largest absolute Gasteiger partial charge is 0.436 e. The Morgan fingerprint density at radius 1 is 1.00 bits per heavy atom. The van der Waals surface area contributed by atoms with Crippen LogP contribution in [-0.4, -0.2) is 76.1 Å². The van der Waals surface area contributed by atoms with E-state index in [4.69, 9.17) is 4.74 Å². The zero-order valence-electron chi connectivity index (χ0n) is 25.1. The van der Waals surface area contributed by atoms with Gasteiger partial charge in [0, 0.05) is 40.9 Å². The number of hydrogen-bond acceptors (Lipinski definition) is 6. The summed E-state index contributed by atoms with van der Waals surface area (Å²) in [6, 6.07) is 17.0. The van der Waals surface area contributed by atoms with Gasteiger partial charge in [-0.3, -0.25) is 14.4 Å². The zero-order chi connectivity index (χ0) is 31.8. The molecule has 0 aliphatic carbocycles. The van der Waals surface area contributed by atoms with Gasteiger partial charge in [-0.25, -0.2) is 14.2 Å². The molecular formula is C32H35FN6O5. The molecule has 4 aromatic rings. The molecule has 1 N–H and O–H groups in total. The number of likely N-dealkylation sites (N-methyl/N-ethyl adjacent to an activating group) is 1. The number of benzene rings is 2. The molecule has 0 aliphatic rings. The van der Waals surface area contributed by atoms with Crippen LogP contribution in [0.3, 0.4) is 0 Å². The van der Waals surface area contributed by atoms with Crippen molar-refractivity contribution in [2.45, 2.75) is 32.0 Å². The summed E-state index contributed by atoms with van der Waals surface area (Å²) < 4.78 is 22.8. The van der Waals surface area contributed by atoms with E-state index >= 15 is 0 Å². The van der Waals surface area contributed by atoms with Crippen molar-refractivity contribution in [1.82, 2.24) is 23.9 Å². The van der Waals surface area contributed by atoms with Crippen molar-refractivity contribution in [2.24, 2.45) is 0 Å². The second-order valence-corrected chi connectivity index (χ2v) is 10.6. The Balaban J connectivity index is 1.57. The lowest BCUT2D eigenvalue weighted by molar-refractivity contribution is -0.125. The van der Waals surface area contributed by atoms with Gasteiger partial charge in [-0.05, 0) is 54.8 Å². The van der Waals surface area contributed by atoms with Gasteiger partial charge in [0.25, 0.3) is 11.5 Å². The van der Waals surface area contributed by atoms with Crippen molar-refractivity contribution in [2.75, 3.05) is 33.5 Å². The SMILES string of the molecule is CN(C)C(=O)/C=C/CC[C@H](OC(=O)N(C)C)C(=O)Nc1cccn(Cc2nc3ccc(F)cc3n2Cc2ccccc2)c1=O. The summed E-state index contributed by atoms with van der Waals surface area (Å²) in [7, 11) is 6.21. The van der Waals surface area contributed by atoms with E-state index in [0.29, 0.717) is 23.4 Å². The first-order valence-electron chi connectivity index (χ1n) is 14.0. The van der Waals surface area contributed by atoms with E-state index < -0.39 is 29.5 Å². The van der Waals surface area contributed by atoms with Crippen molar-refractivity contribution in [1.29, 1.82) is 0 Å². The van der Waals surface area contributed by atoms with Crippen molar-refractivity contribution in [3.05, 3.63) is 107 Å². The minimum Gasteiger partial charge on any atom is -0.436 e. The standard InChI is InChI=1S/C32H35FN6O5/c1-36(2)29(40)15-9-8-14-27(44-32(43)37(3)4)30(41)35-25-13-10-18-38(31(25)42)21-28-34-24-17-16-23(33)19-26(24)39(28)20-22-11-6-5-7-12-22/h5-7,9-13,15-19,27H,8,14,20-21H2,1-4H3,(H,35,41)/b15-9+/t27-/m0/s1. The molecule has 2 aromatic heterocycles. The number of fused-ring (bicyclic) bond motifs is 1. The van der Waals surface area contributed by atoms with Crippen LogP contribution in [0.25, 0.3) is 11.0 Å². The van der Waals surface area contributed by atoms with E-state index in [1.54, 1.807) is 38.5 Å². The maximum Gasteiger partial charge on any atom is 0.410 e. The lowest BCUT2D eigenvalue weighted by Gasteiger charge is -2.20. The smallest absolute Gasteiger partial charge is 0.410 e. The number of amides is 3. The maximum atomic E-state index is 14.2. The van der Waals surface area contributed by atoms with Crippen LogP contribution in [0.4, 0.5) is 14.9 Å². The number of imidazole rings is 1. The number of nitrogens with zero attached hydrogens (tertiary/aromatic N) is 5. The molecule has 3 amide bonds. The third-order valence-electron chi connectivity index (χ3n) is 6.76. The first-order chi connectivity index (χ1) is 21.0. The van der Waals surface area contributed by atoms with Crippen LogP contribution in [0.1, 0.15) is 24.2 Å². The Morgan fingerprint density at radius 3 is 2.45 bits per heavy atom. The molecule has 0 spiro atoms. The fourth-order valence-corrected chi connectivity index (χ4v) is 4.38. The topological polar surface area (TPSA) is 119 Å². The number of halogens is 1. The third-order valence-corrected chi connectivity index (χ3v) is 6.76. The van der Waals surface area contributed by atoms with Crippen molar-refractivity contribution >= 4 is 34.6 Å². The summed E-state index contributed by atoms with van der Waals surface area (Å²) in [4.78, 5) is 58.1. The number of nitrogens with one attached hydrogen (secondary N) is 1. The van der Waals surface area contributed by atoms with Crippen LogP contribution >= 0.6 is 0 Å². The molecule has 0 unspecified atom stereocenters. The summed E-state index contributed by atoms with van der Waals surface area (Å²) in [5.74, 6) is -0.779. The first kappa shape index (κ1) is 31.7. The van der Waals surface area contributed by atoms with Crippen molar-refractivity contribution in [3.8, 4) is 0 Å². The predicted octanol–water partition coefficient (Wildman–Crippen LogP) is 3.86. The molecule has 0 saturated carbocycles. The van der Waals surface area contributed by atoms with Crippen molar-refractivity contribution in [3.63, 3.8) is 0 Å². The van der Waals surface area contributed by atoms with E-state index in [1.165, 1.54) is 52.7 Å². The Bertz CT molecular complexity index is 1730. The Labute approximate surface area is 254 Å². The summed E-state index contributed by atoms with van der Waals surface area (Å²) in [6.45, 7) is 0.463. The molecule has 12 heteroatoms. The van der Waals surface area contributed by atoms with Gasteiger partial charge in [-0.1, -0.05) is 36.4 Å². The third kappa shape index (κ3) is 7.97. The van der Waals surface area contributed by atoms with E-state index in [1.807, 2.05) is 34.9 Å². The van der Waals surface area contributed by atoms with Gasteiger partial charge in [0.2, 0.25) is 5.91 Å². The molecule has 2 aromatic carbocycles. The fraction of sp³-hybridized carbons (Fsp3) is 0.281. The molecule has 0 saturated heterocycles. The zero-order valence-corrected chi connectivity index (χ0v) is 25.1. The molecule has 0 radical (unpaired) electrons. The summed E-state index contributed by atoms with van der Waals surface area (Å²) in [5.41, 5.74) is 1.64. The van der Waals surface area contributed by atoms with Gasteiger partial charge < -0.3 is 29.0 Å². The minimum absolute atomic E-state index is 0.0153. The van der Waals surface area contributed by atoms with Gasteiger partial charge >= 0.3 is 6.09 Å². The molecular weight excluding hydrogens is 567 g/mol. The Hall–Kier alpha value is -5.26. The summed E-state index contributed by atoms with van der Waals surface area (Å²) >= 11 is 0. The van der Waals surface area contributed by atoms with E-state index in [-0.39, 0.29) is 31.0 Å². The molecule has 0 fully saturated rings. The number of allylic oxidation sites excluding steroid dienone is 1. The van der Waals surface area contributed by atoms with Gasteiger partial charge in [0.1, 0.15) is 17.3 Å². The molecule has 2 heterocycles. The number of anilines is 1. The number of rotatable bonds is 11. The van der Waals surface area contributed by atoms with E-state index in [9.17, 15) is 23.6 Å². The summed E-state index contributed by atoms with van der Waals surface area (Å²) in [6.07, 6.45) is 2.95. The van der Waals surface area contributed by atoms with Crippen LogP contribution in [0.15, 0.2) is 83.8 Å².